The second-order valence-corrected chi connectivity index (χ2v) is 5.35. The summed E-state index contributed by atoms with van der Waals surface area (Å²) >= 11 is 5.75. The van der Waals surface area contributed by atoms with Crippen LogP contribution in [0.25, 0.3) is 0 Å². The molecule has 8 heteroatoms. The van der Waals surface area contributed by atoms with E-state index < -0.39 is 5.91 Å². The average Bonchev–Trinajstić information content (AvgIpc) is 2.61. The highest BCUT2D eigenvalue weighted by Crippen LogP contribution is 2.25. The van der Waals surface area contributed by atoms with Crippen LogP contribution in [-0.4, -0.2) is 36.8 Å². The Hall–Kier alpha value is -3.06. The van der Waals surface area contributed by atoms with Gasteiger partial charge in [-0.15, -0.1) is 0 Å². The first kappa shape index (κ1) is 18.3. The summed E-state index contributed by atoms with van der Waals surface area (Å²) in [4.78, 5) is 23.5. The van der Waals surface area contributed by atoms with Gasteiger partial charge in [0, 0.05) is 10.6 Å². The Bertz CT molecular complexity index is 791. The number of carbonyl (C=O) groups excluding carboxylic acids is 2. The number of nitrogens with zero attached hydrogens (tertiary/aromatic N) is 1. The number of aromatic hydroxyl groups is 1. The maximum atomic E-state index is 11.8. The number of hydrogen-bond acceptors (Lipinski definition) is 5. The van der Waals surface area contributed by atoms with Crippen molar-refractivity contribution in [3.63, 3.8) is 0 Å². The van der Waals surface area contributed by atoms with Crippen molar-refractivity contribution in [3.8, 4) is 11.5 Å². The number of phenolic OH excluding ortho intramolecular Hbond substituents is 1. The predicted octanol–water partition coefficient (Wildman–Crippen LogP) is 1.93. The fourth-order valence-electron chi connectivity index (χ4n) is 1.86. The smallest absolute Gasteiger partial charge is 0.259 e. The van der Waals surface area contributed by atoms with Crippen molar-refractivity contribution in [3.05, 3.63) is 58.6 Å². The molecule has 0 aliphatic carbocycles. The number of hydrogen-bond donors (Lipinski definition) is 3. The van der Waals surface area contributed by atoms with Crippen LogP contribution in [0.4, 0.5) is 0 Å². The van der Waals surface area contributed by atoms with E-state index in [0.717, 1.165) is 0 Å². The van der Waals surface area contributed by atoms with Crippen molar-refractivity contribution in [2.24, 2.45) is 5.10 Å². The van der Waals surface area contributed by atoms with Gasteiger partial charge in [0.15, 0.2) is 11.5 Å². The van der Waals surface area contributed by atoms with Crippen molar-refractivity contribution in [1.82, 2.24) is 10.7 Å². The maximum Gasteiger partial charge on any atom is 0.259 e. The molecule has 2 rings (SSSR count). The SMILES string of the molecule is COc1cc(C=NNC(=O)CNC(=O)c2ccc(Cl)cc2)ccc1O. The maximum absolute atomic E-state index is 11.8. The summed E-state index contributed by atoms with van der Waals surface area (Å²) in [5.41, 5.74) is 3.32. The van der Waals surface area contributed by atoms with Crippen LogP contribution < -0.4 is 15.5 Å². The normalized spacial score (nSPS) is 10.5. The van der Waals surface area contributed by atoms with Crippen LogP contribution in [0.5, 0.6) is 11.5 Å². The number of amides is 2. The lowest BCUT2D eigenvalue weighted by molar-refractivity contribution is -0.120. The molecule has 0 spiro atoms. The Kier molecular flexibility index (Phi) is 6.36. The molecule has 0 fully saturated rings. The van der Waals surface area contributed by atoms with E-state index in [9.17, 15) is 14.7 Å². The summed E-state index contributed by atoms with van der Waals surface area (Å²) in [6, 6.07) is 10.9. The molecule has 0 heterocycles. The molecule has 0 aliphatic heterocycles. The summed E-state index contributed by atoms with van der Waals surface area (Å²) in [6.07, 6.45) is 1.39. The van der Waals surface area contributed by atoms with Gasteiger partial charge < -0.3 is 15.2 Å². The van der Waals surface area contributed by atoms with Crippen molar-refractivity contribution in [1.29, 1.82) is 0 Å². The number of benzene rings is 2. The highest BCUT2D eigenvalue weighted by molar-refractivity contribution is 6.30. The Labute approximate surface area is 149 Å². The van der Waals surface area contributed by atoms with E-state index in [4.69, 9.17) is 16.3 Å². The second-order valence-electron chi connectivity index (χ2n) is 4.91. The van der Waals surface area contributed by atoms with E-state index in [2.05, 4.69) is 15.8 Å². The molecule has 0 aliphatic rings. The van der Waals surface area contributed by atoms with Gasteiger partial charge in [-0.2, -0.15) is 5.10 Å². The van der Waals surface area contributed by atoms with Crippen LogP contribution >= 0.6 is 11.6 Å². The lowest BCUT2D eigenvalue weighted by Gasteiger charge is -2.05. The molecule has 0 unspecified atom stereocenters. The molecule has 2 aromatic carbocycles. The van der Waals surface area contributed by atoms with Gasteiger partial charge in [-0.25, -0.2) is 5.43 Å². The van der Waals surface area contributed by atoms with E-state index in [1.54, 1.807) is 36.4 Å². The third kappa shape index (κ3) is 5.50. The summed E-state index contributed by atoms with van der Waals surface area (Å²) in [7, 11) is 1.43. The topological polar surface area (TPSA) is 100 Å². The highest BCUT2D eigenvalue weighted by Gasteiger charge is 2.07. The number of hydrazone groups is 1. The molecule has 2 aromatic rings. The number of rotatable bonds is 6. The lowest BCUT2D eigenvalue weighted by atomic mass is 10.2. The fraction of sp³-hybridized carbons (Fsp3) is 0.118. The molecule has 0 bridgehead atoms. The predicted molar refractivity (Wildman–Crippen MR) is 94.2 cm³/mol. The molecule has 3 N–H and O–H groups in total. The largest absolute Gasteiger partial charge is 0.504 e. The van der Waals surface area contributed by atoms with Crippen molar-refractivity contribution >= 4 is 29.6 Å². The molecule has 0 radical (unpaired) electrons. The van der Waals surface area contributed by atoms with Gasteiger partial charge in [0.05, 0.1) is 19.9 Å². The third-order valence-electron chi connectivity index (χ3n) is 3.12. The summed E-state index contributed by atoms with van der Waals surface area (Å²) in [5, 5.41) is 16.3. The molecular formula is C17H16ClN3O4. The number of methoxy groups -OCH3 is 1. The zero-order valence-corrected chi connectivity index (χ0v) is 14.1. The van der Waals surface area contributed by atoms with Crippen LogP contribution in [0.2, 0.25) is 5.02 Å². The standard InChI is InChI=1S/C17H16ClN3O4/c1-25-15-8-11(2-7-14(15)22)9-20-21-16(23)10-19-17(24)12-3-5-13(18)6-4-12/h2-9,22H,10H2,1H3,(H,19,24)(H,21,23). The van der Waals surface area contributed by atoms with Gasteiger partial charge in [-0.3, -0.25) is 9.59 Å². The Morgan fingerprint density at radius 2 is 1.96 bits per heavy atom. The quantitative estimate of drug-likeness (QED) is 0.540. The minimum atomic E-state index is -0.482. The number of ether oxygens (including phenoxy) is 1. The molecule has 0 atom stereocenters. The molecule has 130 valence electrons. The van der Waals surface area contributed by atoms with Gasteiger partial charge in [0.2, 0.25) is 0 Å². The van der Waals surface area contributed by atoms with Crippen LogP contribution in [0.15, 0.2) is 47.6 Å². The first-order chi connectivity index (χ1) is 12.0. The number of nitrogens with one attached hydrogen (secondary N) is 2. The van der Waals surface area contributed by atoms with Crippen LogP contribution in [0.1, 0.15) is 15.9 Å². The van der Waals surface area contributed by atoms with E-state index in [1.165, 1.54) is 19.4 Å². The minimum absolute atomic E-state index is 0.00796. The van der Waals surface area contributed by atoms with Crippen LogP contribution in [0.3, 0.4) is 0 Å². The van der Waals surface area contributed by atoms with E-state index >= 15 is 0 Å². The van der Waals surface area contributed by atoms with E-state index in [0.29, 0.717) is 21.9 Å². The third-order valence-corrected chi connectivity index (χ3v) is 3.37. The number of phenols is 1. The molecule has 0 saturated carbocycles. The van der Waals surface area contributed by atoms with Crippen molar-refractivity contribution in [2.45, 2.75) is 0 Å². The first-order valence-corrected chi connectivity index (χ1v) is 7.60. The number of carbonyl (C=O) groups is 2. The summed E-state index contributed by atoms with van der Waals surface area (Å²) in [5.74, 6) is -0.567. The Morgan fingerprint density at radius 3 is 2.64 bits per heavy atom. The zero-order valence-electron chi connectivity index (χ0n) is 13.3. The Morgan fingerprint density at radius 1 is 1.24 bits per heavy atom. The van der Waals surface area contributed by atoms with Gasteiger partial charge in [-0.05, 0) is 48.0 Å². The molecule has 25 heavy (non-hydrogen) atoms. The van der Waals surface area contributed by atoms with Crippen LogP contribution in [-0.2, 0) is 4.79 Å². The van der Waals surface area contributed by atoms with Gasteiger partial charge in [0.1, 0.15) is 0 Å². The van der Waals surface area contributed by atoms with Crippen molar-refractivity contribution < 1.29 is 19.4 Å². The average molecular weight is 362 g/mol. The molecule has 0 aromatic heterocycles. The lowest BCUT2D eigenvalue weighted by Crippen LogP contribution is -2.34. The minimum Gasteiger partial charge on any atom is -0.504 e. The molecule has 2 amide bonds. The fourth-order valence-corrected chi connectivity index (χ4v) is 1.98. The van der Waals surface area contributed by atoms with Crippen LogP contribution in [0, 0.1) is 0 Å². The zero-order chi connectivity index (χ0) is 18.2. The van der Waals surface area contributed by atoms with E-state index in [-0.39, 0.29) is 18.2 Å². The first-order valence-electron chi connectivity index (χ1n) is 7.22. The molecule has 7 nitrogen and oxygen atoms in total. The second kappa shape index (κ2) is 8.70. The molecular weight excluding hydrogens is 346 g/mol. The monoisotopic (exact) mass is 361 g/mol. The van der Waals surface area contributed by atoms with Crippen molar-refractivity contribution in [2.75, 3.05) is 13.7 Å². The highest BCUT2D eigenvalue weighted by atomic mass is 35.5. The van der Waals surface area contributed by atoms with Gasteiger partial charge in [-0.1, -0.05) is 11.6 Å². The summed E-state index contributed by atoms with van der Waals surface area (Å²) < 4.78 is 4.97. The number of halogens is 1. The summed E-state index contributed by atoms with van der Waals surface area (Å²) in [6.45, 7) is -0.225. The van der Waals surface area contributed by atoms with E-state index in [1.807, 2.05) is 0 Å². The van der Waals surface area contributed by atoms with Gasteiger partial charge in [0.25, 0.3) is 11.8 Å². The van der Waals surface area contributed by atoms with Gasteiger partial charge >= 0.3 is 0 Å². The molecule has 0 saturated heterocycles. The Balaban J connectivity index is 1.82.